The molecule has 3 rings (SSSR count). The molecule has 2 aromatic carbocycles. The standard InChI is InChI=1S/C18H19N/c1-3-8-15(9-4-1)18(14-17-12-7-13-19-17)16-10-5-2-6-11-16/h1-6,8-11,14,17,19H,7,12-13H2/t17-/m0/s1. The van der Waals surface area contributed by atoms with Crippen LogP contribution in [-0.4, -0.2) is 12.6 Å². The van der Waals surface area contributed by atoms with Crippen LogP contribution in [0.4, 0.5) is 0 Å². The molecular formula is C18H19N. The maximum absolute atomic E-state index is 3.55. The van der Waals surface area contributed by atoms with E-state index in [0.29, 0.717) is 6.04 Å². The van der Waals surface area contributed by atoms with Gasteiger partial charge in [-0.3, -0.25) is 0 Å². The smallest absolute Gasteiger partial charge is 0.0259 e. The summed E-state index contributed by atoms with van der Waals surface area (Å²) in [6.45, 7) is 1.14. The predicted molar refractivity (Wildman–Crippen MR) is 81.0 cm³/mol. The Kier molecular flexibility index (Phi) is 3.75. The van der Waals surface area contributed by atoms with Crippen LogP contribution in [0.1, 0.15) is 24.0 Å². The minimum atomic E-state index is 0.510. The van der Waals surface area contributed by atoms with Crippen molar-refractivity contribution in [1.82, 2.24) is 5.32 Å². The second-order valence-corrected chi connectivity index (χ2v) is 5.02. The van der Waals surface area contributed by atoms with Crippen molar-refractivity contribution in [2.45, 2.75) is 18.9 Å². The average Bonchev–Trinajstić information content (AvgIpc) is 3.00. The Balaban J connectivity index is 2.01. The first-order valence-electron chi connectivity index (χ1n) is 6.99. The van der Waals surface area contributed by atoms with Crippen LogP contribution in [0.25, 0.3) is 5.57 Å². The molecule has 0 aromatic heterocycles. The molecular weight excluding hydrogens is 230 g/mol. The second-order valence-electron chi connectivity index (χ2n) is 5.02. The zero-order valence-corrected chi connectivity index (χ0v) is 11.0. The summed E-state index contributed by atoms with van der Waals surface area (Å²) < 4.78 is 0. The van der Waals surface area contributed by atoms with E-state index in [-0.39, 0.29) is 0 Å². The molecule has 1 atom stereocenters. The van der Waals surface area contributed by atoms with E-state index in [9.17, 15) is 0 Å². The molecule has 1 heteroatoms. The largest absolute Gasteiger partial charge is 0.310 e. The van der Waals surface area contributed by atoms with Crippen molar-refractivity contribution in [3.05, 3.63) is 77.9 Å². The molecule has 0 aliphatic carbocycles. The first-order valence-corrected chi connectivity index (χ1v) is 6.99. The van der Waals surface area contributed by atoms with Crippen molar-refractivity contribution in [3.63, 3.8) is 0 Å². The van der Waals surface area contributed by atoms with Crippen molar-refractivity contribution in [1.29, 1.82) is 0 Å². The van der Waals surface area contributed by atoms with Crippen LogP contribution in [0.3, 0.4) is 0 Å². The van der Waals surface area contributed by atoms with Gasteiger partial charge in [0.25, 0.3) is 0 Å². The molecule has 1 N–H and O–H groups in total. The summed E-state index contributed by atoms with van der Waals surface area (Å²) in [4.78, 5) is 0. The molecule has 0 unspecified atom stereocenters. The third-order valence-electron chi connectivity index (χ3n) is 3.64. The summed E-state index contributed by atoms with van der Waals surface area (Å²) in [6.07, 6.45) is 4.90. The maximum Gasteiger partial charge on any atom is 0.0259 e. The molecule has 2 aromatic rings. The molecule has 0 amide bonds. The quantitative estimate of drug-likeness (QED) is 0.870. The van der Waals surface area contributed by atoms with Crippen molar-refractivity contribution in [3.8, 4) is 0 Å². The monoisotopic (exact) mass is 249 g/mol. The normalized spacial score (nSPS) is 18.2. The van der Waals surface area contributed by atoms with Gasteiger partial charge in [-0.25, -0.2) is 0 Å². The van der Waals surface area contributed by atoms with Crippen LogP contribution in [0.15, 0.2) is 66.7 Å². The highest BCUT2D eigenvalue weighted by Gasteiger charge is 2.13. The fraction of sp³-hybridized carbons (Fsp3) is 0.222. The lowest BCUT2D eigenvalue weighted by Gasteiger charge is -2.12. The van der Waals surface area contributed by atoms with Crippen molar-refractivity contribution < 1.29 is 0 Å². The highest BCUT2D eigenvalue weighted by atomic mass is 14.9. The van der Waals surface area contributed by atoms with Gasteiger partial charge in [-0.2, -0.15) is 0 Å². The molecule has 1 fully saturated rings. The molecule has 0 bridgehead atoms. The topological polar surface area (TPSA) is 12.0 Å². The number of rotatable bonds is 3. The molecule has 0 spiro atoms. The molecule has 1 nitrogen and oxygen atoms in total. The van der Waals surface area contributed by atoms with Crippen LogP contribution in [0.5, 0.6) is 0 Å². The van der Waals surface area contributed by atoms with Gasteiger partial charge in [-0.05, 0) is 36.1 Å². The third kappa shape index (κ3) is 2.94. The Labute approximate surface area is 115 Å². The lowest BCUT2D eigenvalue weighted by Crippen LogP contribution is -2.19. The summed E-state index contributed by atoms with van der Waals surface area (Å²) >= 11 is 0. The van der Waals surface area contributed by atoms with Crippen molar-refractivity contribution in [2.24, 2.45) is 0 Å². The Morgan fingerprint density at radius 1 is 0.895 bits per heavy atom. The van der Waals surface area contributed by atoms with Gasteiger partial charge >= 0.3 is 0 Å². The van der Waals surface area contributed by atoms with Crippen LogP contribution in [-0.2, 0) is 0 Å². The van der Waals surface area contributed by atoms with E-state index in [4.69, 9.17) is 0 Å². The van der Waals surface area contributed by atoms with E-state index < -0.39 is 0 Å². The molecule has 0 saturated carbocycles. The third-order valence-corrected chi connectivity index (χ3v) is 3.64. The number of hydrogen-bond donors (Lipinski definition) is 1. The van der Waals surface area contributed by atoms with E-state index in [1.807, 2.05) is 0 Å². The van der Waals surface area contributed by atoms with E-state index in [2.05, 4.69) is 72.1 Å². The average molecular weight is 249 g/mol. The minimum Gasteiger partial charge on any atom is -0.310 e. The van der Waals surface area contributed by atoms with Gasteiger partial charge in [0, 0.05) is 6.04 Å². The van der Waals surface area contributed by atoms with Crippen LogP contribution in [0.2, 0.25) is 0 Å². The Hall–Kier alpha value is -1.86. The van der Waals surface area contributed by atoms with E-state index in [1.165, 1.54) is 29.5 Å². The molecule has 1 saturated heterocycles. The summed E-state index contributed by atoms with van der Waals surface area (Å²) in [5.41, 5.74) is 3.92. The van der Waals surface area contributed by atoms with E-state index in [0.717, 1.165) is 6.54 Å². The van der Waals surface area contributed by atoms with Gasteiger partial charge in [0.05, 0.1) is 0 Å². The van der Waals surface area contributed by atoms with Gasteiger partial charge in [0.2, 0.25) is 0 Å². The first-order chi connectivity index (χ1) is 9.43. The van der Waals surface area contributed by atoms with Gasteiger partial charge in [-0.1, -0.05) is 66.7 Å². The highest BCUT2D eigenvalue weighted by molar-refractivity contribution is 5.80. The van der Waals surface area contributed by atoms with Crippen molar-refractivity contribution >= 4 is 5.57 Å². The SMILES string of the molecule is C(=C(c1ccccc1)c1ccccc1)[C@@H]1CCCN1. The van der Waals surface area contributed by atoms with Gasteiger partial charge < -0.3 is 5.32 Å². The van der Waals surface area contributed by atoms with Crippen molar-refractivity contribution in [2.75, 3.05) is 6.54 Å². The van der Waals surface area contributed by atoms with Crippen LogP contribution >= 0.6 is 0 Å². The summed E-state index contributed by atoms with van der Waals surface area (Å²) in [5.74, 6) is 0. The second kappa shape index (κ2) is 5.85. The Morgan fingerprint density at radius 2 is 1.47 bits per heavy atom. The molecule has 19 heavy (non-hydrogen) atoms. The first kappa shape index (κ1) is 12.2. The summed E-state index contributed by atoms with van der Waals surface area (Å²) in [7, 11) is 0. The summed E-state index contributed by atoms with van der Waals surface area (Å²) in [6, 6.07) is 21.8. The van der Waals surface area contributed by atoms with Gasteiger partial charge in [0.15, 0.2) is 0 Å². The Bertz CT molecular complexity index is 495. The van der Waals surface area contributed by atoms with E-state index in [1.54, 1.807) is 0 Å². The van der Waals surface area contributed by atoms with Crippen LogP contribution < -0.4 is 5.32 Å². The Morgan fingerprint density at radius 3 is 1.95 bits per heavy atom. The molecule has 1 aliphatic rings. The highest BCUT2D eigenvalue weighted by Crippen LogP contribution is 2.25. The lowest BCUT2D eigenvalue weighted by molar-refractivity contribution is 0.729. The number of hydrogen-bond acceptors (Lipinski definition) is 1. The zero-order valence-electron chi connectivity index (χ0n) is 11.0. The van der Waals surface area contributed by atoms with Gasteiger partial charge in [0.1, 0.15) is 0 Å². The number of benzene rings is 2. The fourth-order valence-corrected chi connectivity index (χ4v) is 2.65. The zero-order chi connectivity index (χ0) is 12.9. The van der Waals surface area contributed by atoms with Crippen LogP contribution in [0, 0.1) is 0 Å². The number of nitrogens with one attached hydrogen (secondary N) is 1. The molecule has 1 heterocycles. The van der Waals surface area contributed by atoms with E-state index >= 15 is 0 Å². The lowest BCUT2D eigenvalue weighted by atomic mass is 9.95. The maximum atomic E-state index is 3.55. The molecule has 96 valence electrons. The fourth-order valence-electron chi connectivity index (χ4n) is 2.65. The summed E-state index contributed by atoms with van der Waals surface area (Å²) in [5, 5.41) is 3.55. The minimum absolute atomic E-state index is 0.510. The molecule has 0 radical (unpaired) electrons. The van der Waals surface area contributed by atoms with Gasteiger partial charge in [-0.15, -0.1) is 0 Å². The predicted octanol–water partition coefficient (Wildman–Crippen LogP) is 3.87. The molecule has 1 aliphatic heterocycles.